The van der Waals surface area contributed by atoms with Crippen LogP contribution in [0.1, 0.15) is 38.2 Å². The second kappa shape index (κ2) is 7.88. The summed E-state index contributed by atoms with van der Waals surface area (Å²) < 4.78 is 10.7. The first-order valence-electron chi connectivity index (χ1n) is 7.58. The number of fused-ring (bicyclic) bond motifs is 1. The number of amides is 1. The Kier molecular flexibility index (Phi) is 5.87. The van der Waals surface area contributed by atoms with Crippen molar-refractivity contribution in [2.45, 2.75) is 39.2 Å². The molecule has 1 aliphatic heterocycles. The summed E-state index contributed by atoms with van der Waals surface area (Å²) in [5, 5.41) is 2.94. The van der Waals surface area contributed by atoms with Crippen LogP contribution >= 0.6 is 0 Å². The van der Waals surface area contributed by atoms with Crippen LogP contribution in [0, 0.1) is 5.92 Å². The van der Waals surface area contributed by atoms with E-state index in [0.717, 1.165) is 36.3 Å². The molecule has 1 amide bonds. The molecule has 1 aliphatic rings. The highest BCUT2D eigenvalue weighted by Gasteiger charge is 2.17. The predicted molar refractivity (Wildman–Crippen MR) is 81.1 cm³/mol. The number of benzene rings is 1. The number of hydrogen-bond acceptors (Lipinski definition) is 4. The SMILES string of the molecule is CCC(CCN)CCC(=O)NCc1cccc2c1OCO2. The van der Waals surface area contributed by atoms with Crippen LogP contribution in [0.15, 0.2) is 18.2 Å². The van der Waals surface area contributed by atoms with E-state index < -0.39 is 0 Å². The Morgan fingerprint density at radius 3 is 3.00 bits per heavy atom. The number of rotatable bonds is 8. The summed E-state index contributed by atoms with van der Waals surface area (Å²) in [4.78, 5) is 11.9. The lowest BCUT2D eigenvalue weighted by Crippen LogP contribution is -2.23. The van der Waals surface area contributed by atoms with Gasteiger partial charge in [-0.2, -0.15) is 0 Å². The number of ether oxygens (including phenoxy) is 2. The maximum Gasteiger partial charge on any atom is 0.231 e. The fourth-order valence-corrected chi connectivity index (χ4v) is 2.54. The Bertz CT molecular complexity index is 477. The summed E-state index contributed by atoms with van der Waals surface area (Å²) in [7, 11) is 0. The maximum absolute atomic E-state index is 11.9. The Morgan fingerprint density at radius 1 is 1.38 bits per heavy atom. The van der Waals surface area contributed by atoms with E-state index in [9.17, 15) is 4.79 Å². The zero-order chi connectivity index (χ0) is 15.1. The van der Waals surface area contributed by atoms with Crippen molar-refractivity contribution >= 4 is 5.91 Å². The molecule has 1 atom stereocenters. The van der Waals surface area contributed by atoms with Gasteiger partial charge >= 0.3 is 0 Å². The molecule has 0 aliphatic carbocycles. The molecule has 1 unspecified atom stereocenters. The standard InChI is InChI=1S/C16H24N2O3/c1-2-12(8-9-17)6-7-15(19)18-10-13-4-3-5-14-16(13)21-11-20-14/h3-5,12H,2,6-11,17H2,1H3,(H,18,19). The number of carbonyl (C=O) groups excluding carboxylic acids is 1. The molecule has 116 valence electrons. The first-order chi connectivity index (χ1) is 10.2. The van der Waals surface area contributed by atoms with E-state index in [2.05, 4.69) is 12.2 Å². The molecular weight excluding hydrogens is 268 g/mol. The third-order valence-corrected chi connectivity index (χ3v) is 3.89. The molecule has 0 radical (unpaired) electrons. The molecule has 1 aromatic carbocycles. The lowest BCUT2D eigenvalue weighted by molar-refractivity contribution is -0.121. The minimum atomic E-state index is 0.0713. The van der Waals surface area contributed by atoms with Crippen molar-refractivity contribution in [3.05, 3.63) is 23.8 Å². The molecule has 0 fully saturated rings. The number of nitrogens with one attached hydrogen (secondary N) is 1. The maximum atomic E-state index is 11.9. The van der Waals surface area contributed by atoms with Gasteiger partial charge in [0.15, 0.2) is 11.5 Å². The van der Waals surface area contributed by atoms with Crippen molar-refractivity contribution in [1.29, 1.82) is 0 Å². The lowest BCUT2D eigenvalue weighted by Gasteiger charge is -2.13. The fourth-order valence-electron chi connectivity index (χ4n) is 2.54. The highest BCUT2D eigenvalue weighted by molar-refractivity contribution is 5.76. The normalized spacial score (nSPS) is 14.0. The smallest absolute Gasteiger partial charge is 0.231 e. The van der Waals surface area contributed by atoms with Crippen LogP contribution < -0.4 is 20.5 Å². The molecule has 2 rings (SSSR count). The van der Waals surface area contributed by atoms with Crippen LogP contribution in [0.2, 0.25) is 0 Å². The van der Waals surface area contributed by atoms with E-state index in [4.69, 9.17) is 15.2 Å². The molecular formula is C16H24N2O3. The number of carbonyl (C=O) groups is 1. The van der Waals surface area contributed by atoms with Crippen molar-refractivity contribution < 1.29 is 14.3 Å². The van der Waals surface area contributed by atoms with Crippen molar-refractivity contribution in [3.63, 3.8) is 0 Å². The van der Waals surface area contributed by atoms with E-state index in [1.807, 2.05) is 18.2 Å². The van der Waals surface area contributed by atoms with E-state index in [-0.39, 0.29) is 12.7 Å². The van der Waals surface area contributed by atoms with Gasteiger partial charge in [0.25, 0.3) is 0 Å². The second-order valence-corrected chi connectivity index (χ2v) is 5.32. The van der Waals surface area contributed by atoms with Gasteiger partial charge in [-0.1, -0.05) is 25.5 Å². The van der Waals surface area contributed by atoms with Gasteiger partial charge in [-0.15, -0.1) is 0 Å². The van der Waals surface area contributed by atoms with E-state index >= 15 is 0 Å². The minimum Gasteiger partial charge on any atom is -0.454 e. The summed E-state index contributed by atoms with van der Waals surface area (Å²) >= 11 is 0. The van der Waals surface area contributed by atoms with Crippen molar-refractivity contribution in [3.8, 4) is 11.5 Å². The third kappa shape index (κ3) is 4.36. The Hall–Kier alpha value is -1.75. The largest absolute Gasteiger partial charge is 0.454 e. The molecule has 21 heavy (non-hydrogen) atoms. The van der Waals surface area contributed by atoms with Crippen molar-refractivity contribution in [1.82, 2.24) is 5.32 Å². The van der Waals surface area contributed by atoms with Crippen LogP contribution in [-0.4, -0.2) is 19.2 Å². The van der Waals surface area contributed by atoms with Crippen LogP contribution in [0.25, 0.3) is 0 Å². The Morgan fingerprint density at radius 2 is 2.24 bits per heavy atom. The monoisotopic (exact) mass is 292 g/mol. The quantitative estimate of drug-likeness (QED) is 0.770. The molecule has 1 heterocycles. The van der Waals surface area contributed by atoms with Crippen molar-refractivity contribution in [2.75, 3.05) is 13.3 Å². The molecule has 5 nitrogen and oxygen atoms in total. The zero-order valence-corrected chi connectivity index (χ0v) is 12.6. The van der Waals surface area contributed by atoms with Gasteiger partial charge in [-0.05, 0) is 31.4 Å². The third-order valence-electron chi connectivity index (χ3n) is 3.89. The van der Waals surface area contributed by atoms with Gasteiger partial charge in [-0.25, -0.2) is 0 Å². The van der Waals surface area contributed by atoms with Crippen LogP contribution in [0.3, 0.4) is 0 Å². The fraction of sp³-hybridized carbons (Fsp3) is 0.562. The highest BCUT2D eigenvalue weighted by Crippen LogP contribution is 2.35. The highest BCUT2D eigenvalue weighted by atomic mass is 16.7. The Balaban J connectivity index is 1.78. The average molecular weight is 292 g/mol. The summed E-state index contributed by atoms with van der Waals surface area (Å²) in [5.74, 6) is 2.10. The number of para-hydroxylation sites is 1. The second-order valence-electron chi connectivity index (χ2n) is 5.32. The average Bonchev–Trinajstić information content (AvgIpc) is 2.98. The van der Waals surface area contributed by atoms with E-state index in [0.29, 0.717) is 25.4 Å². The summed E-state index contributed by atoms with van der Waals surface area (Å²) in [6, 6.07) is 5.72. The van der Waals surface area contributed by atoms with Gasteiger partial charge in [-0.3, -0.25) is 4.79 Å². The van der Waals surface area contributed by atoms with Crippen LogP contribution in [0.5, 0.6) is 11.5 Å². The van der Waals surface area contributed by atoms with Crippen LogP contribution in [0.4, 0.5) is 0 Å². The summed E-state index contributed by atoms with van der Waals surface area (Å²) in [6.45, 7) is 3.55. The number of hydrogen-bond donors (Lipinski definition) is 2. The molecule has 0 aromatic heterocycles. The molecule has 0 saturated carbocycles. The van der Waals surface area contributed by atoms with Crippen LogP contribution in [-0.2, 0) is 11.3 Å². The van der Waals surface area contributed by atoms with Gasteiger partial charge in [0.1, 0.15) is 0 Å². The minimum absolute atomic E-state index is 0.0713. The van der Waals surface area contributed by atoms with Gasteiger partial charge in [0, 0.05) is 18.5 Å². The van der Waals surface area contributed by atoms with E-state index in [1.165, 1.54) is 0 Å². The molecule has 0 bridgehead atoms. The summed E-state index contributed by atoms with van der Waals surface area (Å²) in [5.41, 5.74) is 6.52. The van der Waals surface area contributed by atoms with Gasteiger partial charge < -0.3 is 20.5 Å². The molecule has 3 N–H and O–H groups in total. The molecule has 1 aromatic rings. The molecule has 5 heteroatoms. The lowest BCUT2D eigenvalue weighted by atomic mass is 9.96. The van der Waals surface area contributed by atoms with E-state index in [1.54, 1.807) is 0 Å². The molecule has 0 spiro atoms. The summed E-state index contributed by atoms with van der Waals surface area (Å²) in [6.07, 6.45) is 3.50. The predicted octanol–water partition coefficient (Wildman–Crippen LogP) is 2.19. The topological polar surface area (TPSA) is 73.6 Å². The zero-order valence-electron chi connectivity index (χ0n) is 12.6. The first kappa shape index (κ1) is 15.6. The first-order valence-corrected chi connectivity index (χ1v) is 7.58. The number of nitrogens with two attached hydrogens (primary N) is 1. The Labute approximate surface area is 125 Å². The van der Waals surface area contributed by atoms with Gasteiger partial charge in [0.2, 0.25) is 12.7 Å². The van der Waals surface area contributed by atoms with Gasteiger partial charge in [0.05, 0.1) is 0 Å². The van der Waals surface area contributed by atoms with Crippen molar-refractivity contribution in [2.24, 2.45) is 11.7 Å². The molecule has 0 saturated heterocycles.